The summed E-state index contributed by atoms with van der Waals surface area (Å²) in [6, 6.07) is 0. The van der Waals surface area contributed by atoms with Gasteiger partial charge in [0, 0.05) is 20.8 Å². The second kappa shape index (κ2) is 8.35. The molecule has 1 aliphatic rings. The Balaban J connectivity index is 2.94. The zero-order valence-corrected chi connectivity index (χ0v) is 13.6. The van der Waals surface area contributed by atoms with Gasteiger partial charge in [-0.3, -0.25) is 14.4 Å². The third-order valence-corrected chi connectivity index (χ3v) is 3.75. The summed E-state index contributed by atoms with van der Waals surface area (Å²) in [6.07, 6.45) is -2.54. The predicted molar refractivity (Wildman–Crippen MR) is 75.9 cm³/mol. The van der Waals surface area contributed by atoms with Gasteiger partial charge in [-0.1, -0.05) is 0 Å². The van der Waals surface area contributed by atoms with Gasteiger partial charge in [0.25, 0.3) is 0 Å². The molecule has 0 unspecified atom stereocenters. The van der Waals surface area contributed by atoms with E-state index in [0.717, 1.165) is 0 Å². The fraction of sp³-hybridized carbons (Fsp3) is 0.769. The molecule has 1 N–H and O–H groups in total. The number of hydrogen-bond donors (Lipinski definition) is 1. The number of carbonyl (C=O) groups excluding carboxylic acids is 3. The molecule has 1 saturated heterocycles. The SMILES string of the molecule is CS[C@@H]1O[C@H](COC(C)=O)[C@H](OC(C)=O)[C@H](O)[C@H]1OC(C)=O. The van der Waals surface area contributed by atoms with Gasteiger partial charge < -0.3 is 24.1 Å². The lowest BCUT2D eigenvalue weighted by molar-refractivity contribution is -0.229. The van der Waals surface area contributed by atoms with Crippen molar-refractivity contribution in [1.82, 2.24) is 0 Å². The van der Waals surface area contributed by atoms with E-state index in [4.69, 9.17) is 18.9 Å². The van der Waals surface area contributed by atoms with E-state index in [0.29, 0.717) is 0 Å². The fourth-order valence-electron chi connectivity index (χ4n) is 2.07. The minimum Gasteiger partial charge on any atom is -0.463 e. The van der Waals surface area contributed by atoms with Gasteiger partial charge in [0.15, 0.2) is 12.2 Å². The molecular formula is C13H20O8S. The van der Waals surface area contributed by atoms with Crippen molar-refractivity contribution in [2.24, 2.45) is 0 Å². The number of aliphatic hydroxyl groups excluding tert-OH is 1. The Bertz CT molecular complexity index is 424. The summed E-state index contributed by atoms with van der Waals surface area (Å²) in [4.78, 5) is 33.3. The van der Waals surface area contributed by atoms with Crippen LogP contribution in [-0.4, -0.2) is 65.7 Å². The molecule has 5 atom stereocenters. The number of aliphatic hydroxyl groups is 1. The summed E-state index contributed by atoms with van der Waals surface area (Å²) in [5.74, 6) is -1.75. The van der Waals surface area contributed by atoms with Crippen molar-refractivity contribution in [3.05, 3.63) is 0 Å². The van der Waals surface area contributed by atoms with Gasteiger partial charge in [-0.15, -0.1) is 11.8 Å². The standard InChI is InChI=1S/C13H20O8S/c1-6(14)18-5-9-11(19-7(2)15)10(17)12(20-8(3)16)13(21-9)22-4/h9-13,17H,5H2,1-4H3/t9-,10+,11+,12-,13+/m1/s1. The zero-order valence-electron chi connectivity index (χ0n) is 12.8. The second-order valence-corrected chi connectivity index (χ2v) is 5.66. The van der Waals surface area contributed by atoms with Crippen LogP contribution in [0.3, 0.4) is 0 Å². The molecule has 1 heterocycles. The van der Waals surface area contributed by atoms with Crippen molar-refractivity contribution < 1.29 is 38.4 Å². The van der Waals surface area contributed by atoms with Gasteiger partial charge in [0.1, 0.15) is 24.3 Å². The molecule has 0 saturated carbocycles. The molecule has 0 aliphatic carbocycles. The Labute approximate surface area is 132 Å². The molecule has 22 heavy (non-hydrogen) atoms. The number of carbonyl (C=O) groups is 3. The van der Waals surface area contributed by atoms with Crippen LogP contribution < -0.4 is 0 Å². The normalized spacial score (nSPS) is 31.2. The largest absolute Gasteiger partial charge is 0.463 e. The molecule has 0 aromatic heterocycles. The molecule has 0 spiro atoms. The first-order valence-corrected chi connectivity index (χ1v) is 7.89. The van der Waals surface area contributed by atoms with Gasteiger partial charge in [-0.2, -0.15) is 0 Å². The lowest BCUT2D eigenvalue weighted by Gasteiger charge is -2.42. The number of rotatable bonds is 5. The molecule has 1 aliphatic heterocycles. The van der Waals surface area contributed by atoms with Crippen molar-refractivity contribution in [3.63, 3.8) is 0 Å². The summed E-state index contributed by atoms with van der Waals surface area (Å²) in [6.45, 7) is 3.43. The van der Waals surface area contributed by atoms with Crippen LogP contribution in [0, 0.1) is 0 Å². The van der Waals surface area contributed by atoms with Crippen LogP contribution in [0.15, 0.2) is 0 Å². The van der Waals surface area contributed by atoms with Crippen LogP contribution in [-0.2, 0) is 33.3 Å². The van der Waals surface area contributed by atoms with Crippen LogP contribution in [0.5, 0.6) is 0 Å². The van der Waals surface area contributed by atoms with E-state index < -0.39 is 47.8 Å². The van der Waals surface area contributed by atoms with Crippen LogP contribution in [0.2, 0.25) is 0 Å². The van der Waals surface area contributed by atoms with Crippen LogP contribution >= 0.6 is 11.8 Å². The summed E-state index contributed by atoms with van der Waals surface area (Å²) in [5, 5.41) is 10.4. The van der Waals surface area contributed by atoms with Crippen LogP contribution in [0.1, 0.15) is 20.8 Å². The highest BCUT2D eigenvalue weighted by molar-refractivity contribution is 7.99. The van der Waals surface area contributed by atoms with E-state index in [9.17, 15) is 19.5 Å². The average Bonchev–Trinajstić information content (AvgIpc) is 2.41. The maximum absolute atomic E-state index is 11.2. The van der Waals surface area contributed by atoms with Crippen LogP contribution in [0.4, 0.5) is 0 Å². The summed E-state index contributed by atoms with van der Waals surface area (Å²) < 4.78 is 20.6. The summed E-state index contributed by atoms with van der Waals surface area (Å²) >= 11 is 1.22. The monoisotopic (exact) mass is 336 g/mol. The molecule has 1 rings (SSSR count). The average molecular weight is 336 g/mol. The van der Waals surface area contributed by atoms with Crippen LogP contribution in [0.25, 0.3) is 0 Å². The van der Waals surface area contributed by atoms with E-state index in [1.54, 1.807) is 6.26 Å². The zero-order chi connectivity index (χ0) is 16.9. The minimum absolute atomic E-state index is 0.186. The molecule has 0 radical (unpaired) electrons. The Hall–Kier alpha value is -1.32. The van der Waals surface area contributed by atoms with Crippen molar-refractivity contribution >= 4 is 29.7 Å². The second-order valence-electron chi connectivity index (χ2n) is 4.72. The van der Waals surface area contributed by atoms with Gasteiger partial charge >= 0.3 is 17.9 Å². The quantitative estimate of drug-likeness (QED) is 0.542. The first-order chi connectivity index (χ1) is 10.3. The number of ether oxygens (including phenoxy) is 4. The van der Waals surface area contributed by atoms with Crippen molar-refractivity contribution in [1.29, 1.82) is 0 Å². The highest BCUT2D eigenvalue weighted by Gasteiger charge is 2.49. The summed E-state index contributed by atoms with van der Waals surface area (Å²) in [7, 11) is 0. The fourth-order valence-corrected chi connectivity index (χ4v) is 2.81. The minimum atomic E-state index is -1.29. The molecule has 126 valence electrons. The summed E-state index contributed by atoms with van der Waals surface area (Å²) in [5.41, 5.74) is -0.675. The maximum Gasteiger partial charge on any atom is 0.303 e. The Morgan fingerprint density at radius 1 is 1.05 bits per heavy atom. The molecule has 0 bridgehead atoms. The van der Waals surface area contributed by atoms with Crippen molar-refractivity contribution in [2.75, 3.05) is 12.9 Å². The number of thioether (sulfide) groups is 1. The lowest BCUT2D eigenvalue weighted by Crippen LogP contribution is -2.60. The molecular weight excluding hydrogens is 316 g/mol. The molecule has 8 nitrogen and oxygen atoms in total. The van der Waals surface area contributed by atoms with E-state index in [-0.39, 0.29) is 6.61 Å². The molecule has 9 heteroatoms. The third kappa shape index (κ3) is 5.15. The molecule has 1 fully saturated rings. The van der Waals surface area contributed by atoms with Gasteiger partial charge in [-0.05, 0) is 6.26 Å². The predicted octanol–water partition coefficient (Wildman–Crippen LogP) is -0.138. The van der Waals surface area contributed by atoms with Gasteiger partial charge in [0.05, 0.1) is 0 Å². The van der Waals surface area contributed by atoms with Crippen molar-refractivity contribution in [3.8, 4) is 0 Å². The Morgan fingerprint density at radius 2 is 1.59 bits per heavy atom. The highest BCUT2D eigenvalue weighted by Crippen LogP contribution is 2.31. The highest BCUT2D eigenvalue weighted by atomic mass is 32.2. The van der Waals surface area contributed by atoms with E-state index in [1.807, 2.05) is 0 Å². The third-order valence-electron chi connectivity index (χ3n) is 2.90. The smallest absolute Gasteiger partial charge is 0.303 e. The Morgan fingerprint density at radius 3 is 2.05 bits per heavy atom. The number of esters is 3. The first kappa shape index (κ1) is 18.7. The maximum atomic E-state index is 11.2. The van der Waals surface area contributed by atoms with Crippen molar-refractivity contribution in [2.45, 2.75) is 50.6 Å². The lowest BCUT2D eigenvalue weighted by atomic mass is 9.99. The topological polar surface area (TPSA) is 108 Å². The molecule has 0 aromatic carbocycles. The van der Waals surface area contributed by atoms with E-state index in [2.05, 4.69) is 0 Å². The number of hydrogen-bond acceptors (Lipinski definition) is 9. The van der Waals surface area contributed by atoms with E-state index in [1.165, 1.54) is 32.5 Å². The molecule has 0 amide bonds. The first-order valence-electron chi connectivity index (χ1n) is 6.60. The van der Waals surface area contributed by atoms with E-state index >= 15 is 0 Å². The van der Waals surface area contributed by atoms with Gasteiger partial charge in [-0.25, -0.2) is 0 Å². The molecule has 0 aromatic rings. The Kier molecular flexibility index (Phi) is 7.11. The van der Waals surface area contributed by atoms with Gasteiger partial charge in [0.2, 0.25) is 0 Å².